The van der Waals surface area contributed by atoms with E-state index in [0.717, 1.165) is 12.8 Å². The molecule has 10 nitrogen and oxygen atoms in total. The Morgan fingerprint density at radius 1 is 1.22 bits per heavy atom. The molecule has 2 aromatic heterocycles. The van der Waals surface area contributed by atoms with Gasteiger partial charge in [-0.2, -0.15) is 5.10 Å². The summed E-state index contributed by atoms with van der Waals surface area (Å²) in [6, 6.07) is 2.77. The van der Waals surface area contributed by atoms with Crippen molar-refractivity contribution in [1.29, 1.82) is 0 Å². The van der Waals surface area contributed by atoms with E-state index in [4.69, 9.17) is 23.3 Å². The number of hydrazone groups is 1. The Morgan fingerprint density at radius 2 is 1.94 bits per heavy atom. The van der Waals surface area contributed by atoms with Crippen molar-refractivity contribution in [3.8, 4) is 0 Å². The largest absolute Gasteiger partial charge is 0.338 e. The molecule has 0 aromatic carbocycles. The molecule has 1 saturated carbocycles. The van der Waals surface area contributed by atoms with Gasteiger partial charge in [0, 0.05) is 18.8 Å². The lowest BCUT2D eigenvalue weighted by Crippen LogP contribution is -2.55. The van der Waals surface area contributed by atoms with Crippen LogP contribution in [0.25, 0.3) is 0 Å². The lowest BCUT2D eigenvalue weighted by atomic mass is 10.00. The van der Waals surface area contributed by atoms with Crippen LogP contribution in [0.2, 0.25) is 5.02 Å². The molecule has 0 spiro atoms. The lowest BCUT2D eigenvalue weighted by molar-refractivity contribution is 0.0486. The number of alkyl halides is 1. The minimum atomic E-state index is -1.23. The molecule has 1 saturated heterocycles. The topological polar surface area (TPSA) is 130 Å². The maximum atomic E-state index is 15.3. The number of carbonyl (C=O) groups excluding carboxylic acids is 1. The summed E-state index contributed by atoms with van der Waals surface area (Å²) >= 11 is 5.84. The number of aromatic nitrogens is 3. The van der Waals surface area contributed by atoms with Gasteiger partial charge in [0.05, 0.1) is 35.6 Å². The first-order chi connectivity index (χ1) is 15.4. The van der Waals surface area contributed by atoms with Crippen molar-refractivity contribution in [2.75, 3.05) is 23.0 Å². The summed E-state index contributed by atoms with van der Waals surface area (Å²) in [7, 11) is 0. The first-order valence-electron chi connectivity index (χ1n) is 10.3. The van der Waals surface area contributed by atoms with Gasteiger partial charge in [-0.1, -0.05) is 11.6 Å². The van der Waals surface area contributed by atoms with E-state index >= 15 is 4.39 Å². The van der Waals surface area contributed by atoms with Gasteiger partial charge >= 0.3 is 0 Å². The summed E-state index contributed by atoms with van der Waals surface area (Å²) in [5.41, 5.74) is 0.382. The quantitative estimate of drug-likeness (QED) is 0.298. The summed E-state index contributed by atoms with van der Waals surface area (Å²) in [6.07, 6.45) is 5.40. The second-order valence-corrected chi connectivity index (χ2v) is 8.35. The van der Waals surface area contributed by atoms with Crippen LogP contribution in [0.5, 0.6) is 0 Å². The second-order valence-electron chi connectivity index (χ2n) is 7.91. The summed E-state index contributed by atoms with van der Waals surface area (Å²) in [5, 5.41) is 5.17. The van der Waals surface area contributed by atoms with Gasteiger partial charge in [-0.15, -0.1) is 0 Å². The van der Waals surface area contributed by atoms with Crippen molar-refractivity contribution in [1.82, 2.24) is 19.9 Å². The Bertz CT molecular complexity index is 984. The minimum absolute atomic E-state index is 0.0429. The fourth-order valence-corrected chi connectivity index (χ4v) is 3.93. The van der Waals surface area contributed by atoms with Crippen molar-refractivity contribution in [2.24, 2.45) is 16.8 Å². The summed E-state index contributed by atoms with van der Waals surface area (Å²) in [4.78, 5) is 29.4. The van der Waals surface area contributed by atoms with Crippen molar-refractivity contribution >= 4 is 35.1 Å². The Labute approximate surface area is 190 Å². The normalized spacial score (nSPS) is 21.4. The van der Waals surface area contributed by atoms with E-state index in [1.54, 1.807) is 28.9 Å². The lowest BCUT2D eigenvalue weighted by Gasteiger charge is -2.41. The number of pyridine rings is 1. The number of piperidine rings is 1. The molecule has 1 aliphatic carbocycles. The summed E-state index contributed by atoms with van der Waals surface area (Å²) in [6.45, 7) is 2.29. The molecule has 0 unspecified atom stereocenters. The predicted molar refractivity (Wildman–Crippen MR) is 120 cm³/mol. The smallest absolute Gasteiger partial charge is 0.256 e. The average Bonchev–Trinajstić information content (AvgIpc) is 3.65. The molecule has 3 heterocycles. The molecule has 32 heavy (non-hydrogen) atoms. The van der Waals surface area contributed by atoms with Crippen molar-refractivity contribution < 1.29 is 9.18 Å². The van der Waals surface area contributed by atoms with Gasteiger partial charge in [0.2, 0.25) is 5.95 Å². The van der Waals surface area contributed by atoms with Crippen molar-refractivity contribution in [2.45, 2.75) is 44.4 Å². The van der Waals surface area contributed by atoms with Crippen LogP contribution in [0.15, 0.2) is 35.8 Å². The third-order valence-corrected chi connectivity index (χ3v) is 5.90. The van der Waals surface area contributed by atoms with Gasteiger partial charge in [-0.05, 0) is 38.3 Å². The van der Waals surface area contributed by atoms with Gasteiger partial charge in [-0.3, -0.25) is 4.79 Å². The van der Waals surface area contributed by atoms with Crippen LogP contribution >= 0.6 is 11.6 Å². The average molecular weight is 462 g/mol. The Morgan fingerprint density at radius 3 is 2.50 bits per heavy atom. The van der Waals surface area contributed by atoms with E-state index in [1.807, 2.05) is 0 Å². The van der Waals surface area contributed by atoms with E-state index in [0.29, 0.717) is 41.2 Å². The molecule has 170 valence electrons. The van der Waals surface area contributed by atoms with Gasteiger partial charge < -0.3 is 15.6 Å². The van der Waals surface area contributed by atoms with Crippen LogP contribution in [-0.4, -0.2) is 62.9 Å². The molecule has 4 N–H and O–H groups in total. The molecule has 2 aliphatic rings. The standard InChI is InChI=1S/C20H25ClFN9O/c1-12(28-23)31(24)18-5-2-13(8-25-18)19(32)30(15-3-4-15)17-6-7-29(11-16(17)22)20-26-9-14(21)10-27-20/h2,5,8-10,15-17H,3-4,6-7,11,23-24H2,1H3/b28-12-/t16-,17+/m0/s1. The zero-order chi connectivity index (χ0) is 22.8. The maximum absolute atomic E-state index is 15.3. The van der Waals surface area contributed by atoms with Crippen LogP contribution in [-0.2, 0) is 0 Å². The monoisotopic (exact) mass is 461 g/mol. The second kappa shape index (κ2) is 9.21. The van der Waals surface area contributed by atoms with E-state index < -0.39 is 12.2 Å². The number of rotatable bonds is 5. The van der Waals surface area contributed by atoms with E-state index in [-0.39, 0.29) is 18.5 Å². The number of nitrogens with two attached hydrogens (primary N) is 2. The van der Waals surface area contributed by atoms with Gasteiger partial charge in [0.25, 0.3) is 5.91 Å². The van der Waals surface area contributed by atoms with E-state index in [9.17, 15) is 4.79 Å². The number of halogens is 2. The molecule has 4 rings (SSSR count). The Balaban J connectivity index is 1.48. The van der Waals surface area contributed by atoms with Crippen LogP contribution < -0.4 is 21.6 Å². The SMILES string of the molecule is C/C(=N/N)N(N)c1ccc(C(=O)N(C2CC2)[C@@H]2CCN(c3ncc(Cl)cn3)C[C@@H]2F)cn1. The zero-order valence-corrected chi connectivity index (χ0v) is 18.4. The van der Waals surface area contributed by atoms with Crippen LogP contribution in [0.3, 0.4) is 0 Å². The highest BCUT2D eigenvalue weighted by Crippen LogP contribution is 2.34. The number of anilines is 2. The summed E-state index contributed by atoms with van der Waals surface area (Å²) in [5.74, 6) is 12.1. The molecular formula is C20H25ClFN9O. The highest BCUT2D eigenvalue weighted by atomic mass is 35.5. The molecule has 2 atom stereocenters. The van der Waals surface area contributed by atoms with Gasteiger partial charge in [0.1, 0.15) is 17.8 Å². The number of hydrazine groups is 1. The molecule has 2 aromatic rings. The molecule has 1 amide bonds. The fraction of sp³-hybridized carbons (Fsp3) is 0.450. The molecule has 12 heteroatoms. The van der Waals surface area contributed by atoms with Gasteiger partial charge in [-0.25, -0.2) is 30.2 Å². The Hall–Kier alpha value is -3.05. The number of nitrogens with zero attached hydrogens (tertiary/aromatic N) is 7. The molecule has 2 fully saturated rings. The van der Waals surface area contributed by atoms with Crippen molar-refractivity contribution in [3.05, 3.63) is 41.3 Å². The number of amides is 1. The van der Waals surface area contributed by atoms with Crippen LogP contribution in [0.1, 0.15) is 36.5 Å². The molecule has 0 bridgehead atoms. The predicted octanol–water partition coefficient (Wildman–Crippen LogP) is 1.72. The number of hydrogen-bond donors (Lipinski definition) is 2. The maximum Gasteiger partial charge on any atom is 0.256 e. The minimum Gasteiger partial charge on any atom is -0.338 e. The van der Waals surface area contributed by atoms with Crippen LogP contribution in [0.4, 0.5) is 16.2 Å². The van der Waals surface area contributed by atoms with Gasteiger partial charge in [0.15, 0.2) is 0 Å². The third kappa shape index (κ3) is 4.58. The first kappa shape index (κ1) is 22.2. The third-order valence-electron chi connectivity index (χ3n) is 5.71. The highest BCUT2D eigenvalue weighted by Gasteiger charge is 2.43. The molecule has 1 aliphatic heterocycles. The molecular weight excluding hydrogens is 437 g/mol. The fourth-order valence-electron chi connectivity index (χ4n) is 3.83. The summed E-state index contributed by atoms with van der Waals surface area (Å²) < 4.78 is 15.3. The van der Waals surface area contributed by atoms with Crippen molar-refractivity contribution in [3.63, 3.8) is 0 Å². The number of carbonyl (C=O) groups is 1. The van der Waals surface area contributed by atoms with E-state index in [1.165, 1.54) is 23.6 Å². The number of amidine groups is 1. The van der Waals surface area contributed by atoms with Crippen LogP contribution in [0, 0.1) is 0 Å². The first-order valence-corrected chi connectivity index (χ1v) is 10.7. The number of hydrogen-bond acceptors (Lipinski definition) is 8. The Kier molecular flexibility index (Phi) is 6.38. The van der Waals surface area contributed by atoms with E-state index in [2.05, 4.69) is 20.1 Å². The highest BCUT2D eigenvalue weighted by molar-refractivity contribution is 6.30. The molecule has 0 radical (unpaired) electrons. The zero-order valence-electron chi connectivity index (χ0n) is 17.6.